The molecule has 20 heavy (non-hydrogen) atoms. The number of ether oxygens (including phenoxy) is 1. The van der Waals surface area contributed by atoms with E-state index in [-0.39, 0.29) is 5.82 Å². The van der Waals surface area contributed by atoms with E-state index in [0.29, 0.717) is 30.1 Å². The number of methoxy groups -OCH3 is 1. The lowest BCUT2D eigenvalue weighted by molar-refractivity contribution is 0.397. The van der Waals surface area contributed by atoms with Crippen LogP contribution in [0.2, 0.25) is 0 Å². The highest BCUT2D eigenvalue weighted by Crippen LogP contribution is 2.11. The zero-order chi connectivity index (χ0) is 14.4. The summed E-state index contributed by atoms with van der Waals surface area (Å²) in [7, 11) is 1.56. The summed E-state index contributed by atoms with van der Waals surface area (Å²) in [4.78, 5) is 4.01. The minimum absolute atomic E-state index is 0.316. The average Bonchev–Trinajstić information content (AvgIpc) is 2.49. The van der Waals surface area contributed by atoms with E-state index >= 15 is 0 Å². The molecule has 0 amide bonds. The molecule has 1 aromatic heterocycles. The van der Waals surface area contributed by atoms with Crippen molar-refractivity contribution < 1.29 is 9.13 Å². The summed E-state index contributed by atoms with van der Waals surface area (Å²) in [6, 6.07) is 10.00. The first-order valence-corrected chi connectivity index (χ1v) is 6.11. The van der Waals surface area contributed by atoms with Gasteiger partial charge in [0.1, 0.15) is 5.82 Å². The number of nitriles is 1. The molecule has 4 nitrogen and oxygen atoms in total. The zero-order valence-corrected chi connectivity index (χ0v) is 11.1. The average molecular weight is 271 g/mol. The van der Waals surface area contributed by atoms with Gasteiger partial charge in [0.25, 0.3) is 0 Å². The van der Waals surface area contributed by atoms with Gasteiger partial charge in [-0.2, -0.15) is 5.26 Å². The van der Waals surface area contributed by atoms with Gasteiger partial charge in [0.05, 0.1) is 18.7 Å². The quantitative estimate of drug-likeness (QED) is 0.907. The number of nitrogens with one attached hydrogen (secondary N) is 1. The fourth-order valence-electron chi connectivity index (χ4n) is 1.79. The van der Waals surface area contributed by atoms with Crippen LogP contribution in [0.3, 0.4) is 0 Å². The largest absolute Gasteiger partial charge is 0.481 e. The third kappa shape index (κ3) is 3.53. The normalized spacial score (nSPS) is 10.1. The van der Waals surface area contributed by atoms with E-state index in [1.807, 2.05) is 18.2 Å². The summed E-state index contributed by atoms with van der Waals surface area (Å²) in [5.74, 6) is 0.228. The summed E-state index contributed by atoms with van der Waals surface area (Å²) in [5.41, 5.74) is 1.92. The number of nitrogens with zero attached hydrogens (tertiary/aromatic N) is 2. The number of benzene rings is 1. The van der Waals surface area contributed by atoms with Gasteiger partial charge in [0.15, 0.2) is 0 Å². The van der Waals surface area contributed by atoms with Crippen molar-refractivity contribution in [3.63, 3.8) is 0 Å². The molecular weight excluding hydrogens is 257 g/mol. The van der Waals surface area contributed by atoms with E-state index in [1.165, 1.54) is 12.1 Å². The molecule has 0 aliphatic carbocycles. The predicted octanol–water partition coefficient (Wildman–Crippen LogP) is 2.39. The van der Waals surface area contributed by atoms with Crippen LogP contribution in [0.4, 0.5) is 4.39 Å². The van der Waals surface area contributed by atoms with Crippen LogP contribution in [0.1, 0.15) is 16.7 Å². The highest BCUT2D eigenvalue weighted by Gasteiger charge is 2.04. The first-order chi connectivity index (χ1) is 9.72. The van der Waals surface area contributed by atoms with Gasteiger partial charge in [0.2, 0.25) is 5.88 Å². The van der Waals surface area contributed by atoms with Crippen LogP contribution in [0.5, 0.6) is 5.88 Å². The summed E-state index contributed by atoms with van der Waals surface area (Å²) in [6.07, 6.45) is 1.66. The standard InChI is InChI=1S/C15H14FN3O/c1-20-15-7-12(4-5-19-15)9-18-10-13-6-11(8-17)2-3-14(13)16/h2-7,18H,9-10H2,1H3. The van der Waals surface area contributed by atoms with Gasteiger partial charge in [-0.3, -0.25) is 0 Å². The van der Waals surface area contributed by atoms with Crippen molar-refractivity contribution in [2.24, 2.45) is 0 Å². The Morgan fingerprint density at radius 3 is 2.90 bits per heavy atom. The Morgan fingerprint density at radius 1 is 1.30 bits per heavy atom. The Hall–Kier alpha value is -2.45. The summed E-state index contributed by atoms with van der Waals surface area (Å²) >= 11 is 0. The fourth-order valence-corrected chi connectivity index (χ4v) is 1.79. The molecule has 5 heteroatoms. The maximum absolute atomic E-state index is 13.6. The Morgan fingerprint density at radius 2 is 2.15 bits per heavy atom. The molecule has 0 radical (unpaired) electrons. The molecule has 0 bridgehead atoms. The zero-order valence-electron chi connectivity index (χ0n) is 11.1. The van der Waals surface area contributed by atoms with Crippen LogP contribution in [-0.2, 0) is 13.1 Å². The summed E-state index contributed by atoms with van der Waals surface area (Å²) in [6.45, 7) is 0.918. The van der Waals surface area contributed by atoms with E-state index in [2.05, 4.69) is 10.3 Å². The molecule has 2 aromatic rings. The molecule has 1 aromatic carbocycles. The second kappa shape index (κ2) is 6.64. The molecule has 0 saturated heterocycles. The highest BCUT2D eigenvalue weighted by atomic mass is 19.1. The molecular formula is C15H14FN3O. The SMILES string of the molecule is COc1cc(CNCc2cc(C#N)ccc2F)ccn1. The highest BCUT2D eigenvalue weighted by molar-refractivity contribution is 5.33. The van der Waals surface area contributed by atoms with Crippen molar-refractivity contribution in [2.45, 2.75) is 13.1 Å². The Balaban J connectivity index is 1.97. The number of halogens is 1. The van der Waals surface area contributed by atoms with Crippen LogP contribution in [0.15, 0.2) is 36.5 Å². The lowest BCUT2D eigenvalue weighted by Gasteiger charge is -2.07. The monoisotopic (exact) mass is 271 g/mol. The van der Waals surface area contributed by atoms with E-state index in [1.54, 1.807) is 19.4 Å². The lowest BCUT2D eigenvalue weighted by atomic mass is 10.1. The molecule has 0 fully saturated rings. The van der Waals surface area contributed by atoms with Crippen molar-refractivity contribution in [1.82, 2.24) is 10.3 Å². The molecule has 1 heterocycles. The Labute approximate surface area is 116 Å². The minimum atomic E-state index is -0.316. The van der Waals surface area contributed by atoms with Crippen molar-refractivity contribution >= 4 is 0 Å². The van der Waals surface area contributed by atoms with Crippen molar-refractivity contribution in [3.8, 4) is 11.9 Å². The fraction of sp³-hybridized carbons (Fsp3) is 0.200. The molecule has 0 saturated carbocycles. The lowest BCUT2D eigenvalue weighted by Crippen LogP contribution is -2.14. The smallest absolute Gasteiger partial charge is 0.213 e. The Kier molecular flexibility index (Phi) is 4.64. The second-order valence-corrected chi connectivity index (χ2v) is 4.23. The third-order valence-corrected chi connectivity index (χ3v) is 2.83. The minimum Gasteiger partial charge on any atom is -0.481 e. The van der Waals surface area contributed by atoms with E-state index < -0.39 is 0 Å². The number of rotatable bonds is 5. The van der Waals surface area contributed by atoms with E-state index in [4.69, 9.17) is 10.00 Å². The molecule has 0 unspecified atom stereocenters. The van der Waals surface area contributed by atoms with E-state index in [0.717, 1.165) is 5.56 Å². The molecule has 1 N–H and O–H groups in total. The first kappa shape index (κ1) is 14.0. The molecule has 102 valence electrons. The number of pyridine rings is 1. The van der Waals surface area contributed by atoms with Gasteiger partial charge in [0, 0.05) is 30.9 Å². The van der Waals surface area contributed by atoms with Crippen molar-refractivity contribution in [3.05, 3.63) is 59.0 Å². The number of hydrogen-bond donors (Lipinski definition) is 1. The maximum atomic E-state index is 13.6. The van der Waals surface area contributed by atoms with Crippen LogP contribution < -0.4 is 10.1 Å². The Bertz CT molecular complexity index is 637. The predicted molar refractivity (Wildman–Crippen MR) is 72.4 cm³/mol. The summed E-state index contributed by atoms with van der Waals surface area (Å²) < 4.78 is 18.6. The van der Waals surface area contributed by atoms with Crippen molar-refractivity contribution in [2.75, 3.05) is 7.11 Å². The number of aromatic nitrogens is 1. The van der Waals surface area contributed by atoms with Crippen LogP contribution >= 0.6 is 0 Å². The van der Waals surface area contributed by atoms with Gasteiger partial charge in [-0.05, 0) is 29.8 Å². The number of hydrogen-bond acceptors (Lipinski definition) is 4. The topological polar surface area (TPSA) is 57.9 Å². The van der Waals surface area contributed by atoms with Gasteiger partial charge >= 0.3 is 0 Å². The van der Waals surface area contributed by atoms with Crippen LogP contribution in [-0.4, -0.2) is 12.1 Å². The first-order valence-electron chi connectivity index (χ1n) is 6.11. The van der Waals surface area contributed by atoms with Crippen molar-refractivity contribution in [1.29, 1.82) is 5.26 Å². The van der Waals surface area contributed by atoms with E-state index in [9.17, 15) is 4.39 Å². The maximum Gasteiger partial charge on any atom is 0.213 e. The van der Waals surface area contributed by atoms with Crippen LogP contribution in [0.25, 0.3) is 0 Å². The summed E-state index contributed by atoms with van der Waals surface area (Å²) in [5, 5.41) is 11.9. The van der Waals surface area contributed by atoms with Gasteiger partial charge in [-0.15, -0.1) is 0 Å². The molecule has 0 aliphatic rings. The van der Waals surface area contributed by atoms with Gasteiger partial charge < -0.3 is 10.1 Å². The molecule has 0 spiro atoms. The second-order valence-electron chi connectivity index (χ2n) is 4.23. The van der Waals surface area contributed by atoms with Gasteiger partial charge in [-0.1, -0.05) is 0 Å². The molecule has 0 atom stereocenters. The van der Waals surface area contributed by atoms with Gasteiger partial charge in [-0.25, -0.2) is 9.37 Å². The van der Waals surface area contributed by atoms with Crippen LogP contribution in [0, 0.1) is 17.1 Å². The molecule has 2 rings (SSSR count). The molecule has 0 aliphatic heterocycles. The third-order valence-electron chi connectivity index (χ3n) is 2.83.